The number of hydrogen-bond acceptors (Lipinski definition) is 5. The van der Waals surface area contributed by atoms with Crippen LogP contribution in [-0.4, -0.2) is 25.1 Å². The lowest BCUT2D eigenvalue weighted by atomic mass is 10.1. The number of nitrogens with one attached hydrogen (secondary N) is 1. The summed E-state index contributed by atoms with van der Waals surface area (Å²) in [7, 11) is 0. The van der Waals surface area contributed by atoms with Gasteiger partial charge in [-0.3, -0.25) is 10.1 Å². The average Bonchev–Trinajstić information content (AvgIpc) is 3.19. The summed E-state index contributed by atoms with van der Waals surface area (Å²) in [4.78, 5) is 13.1. The van der Waals surface area contributed by atoms with Gasteiger partial charge in [0, 0.05) is 23.5 Å². The summed E-state index contributed by atoms with van der Waals surface area (Å²) in [5.41, 5.74) is 4.32. The Morgan fingerprint density at radius 2 is 1.62 bits per heavy atom. The van der Waals surface area contributed by atoms with Crippen molar-refractivity contribution >= 4 is 22.6 Å². The number of pyridine rings is 1. The lowest BCUT2D eigenvalue weighted by Crippen LogP contribution is -1.92. The van der Waals surface area contributed by atoms with E-state index in [1.165, 1.54) is 0 Å². The van der Waals surface area contributed by atoms with Gasteiger partial charge in [0.2, 0.25) is 0 Å². The molecule has 3 aromatic heterocycles. The van der Waals surface area contributed by atoms with Gasteiger partial charge in [-0.2, -0.15) is 10.1 Å². The van der Waals surface area contributed by atoms with Crippen molar-refractivity contribution in [3.8, 4) is 34.3 Å². The topological polar surface area (TPSA) is 76.6 Å². The lowest BCUT2D eigenvalue weighted by Gasteiger charge is -2.05. The van der Waals surface area contributed by atoms with Crippen molar-refractivity contribution in [2.24, 2.45) is 0 Å². The van der Waals surface area contributed by atoms with Crippen molar-refractivity contribution in [1.82, 2.24) is 25.1 Å². The maximum absolute atomic E-state index is 6.13. The van der Waals surface area contributed by atoms with E-state index >= 15 is 0 Å². The summed E-state index contributed by atoms with van der Waals surface area (Å²) < 4.78 is 5.68. The maximum Gasteiger partial charge on any atom is 0.324 e. The summed E-state index contributed by atoms with van der Waals surface area (Å²) in [6.07, 6.45) is 3.48. The molecule has 5 rings (SSSR count). The molecule has 0 spiro atoms. The molecule has 6 nitrogen and oxygen atoms in total. The first-order chi connectivity index (χ1) is 14.3. The third kappa shape index (κ3) is 3.41. The Kier molecular flexibility index (Phi) is 4.38. The maximum atomic E-state index is 6.13. The third-order valence-electron chi connectivity index (χ3n) is 4.46. The molecule has 0 aliphatic heterocycles. The quantitative estimate of drug-likeness (QED) is 0.430. The van der Waals surface area contributed by atoms with Crippen LogP contribution in [0, 0.1) is 0 Å². The van der Waals surface area contributed by atoms with Crippen LogP contribution >= 0.6 is 11.6 Å². The van der Waals surface area contributed by atoms with Crippen molar-refractivity contribution in [3.63, 3.8) is 0 Å². The fourth-order valence-corrected chi connectivity index (χ4v) is 3.20. The summed E-state index contributed by atoms with van der Waals surface area (Å²) in [5, 5.41) is 8.64. The first-order valence-corrected chi connectivity index (χ1v) is 9.31. The van der Waals surface area contributed by atoms with Crippen molar-refractivity contribution in [2.45, 2.75) is 0 Å². The minimum Gasteiger partial charge on any atom is -0.423 e. The first-order valence-electron chi connectivity index (χ1n) is 8.93. The number of H-pyrrole nitrogens is 1. The van der Waals surface area contributed by atoms with Crippen LogP contribution in [0.25, 0.3) is 33.5 Å². The molecule has 7 heteroatoms. The summed E-state index contributed by atoms with van der Waals surface area (Å²) in [6, 6.07) is 21.3. The molecule has 0 radical (unpaired) electrons. The van der Waals surface area contributed by atoms with Gasteiger partial charge < -0.3 is 4.74 Å². The summed E-state index contributed by atoms with van der Waals surface area (Å²) >= 11 is 6.13. The number of aromatic nitrogens is 5. The summed E-state index contributed by atoms with van der Waals surface area (Å²) in [5.74, 6) is 0.495. The number of fused-ring (bicyclic) bond motifs is 1. The second-order valence-corrected chi connectivity index (χ2v) is 6.72. The van der Waals surface area contributed by atoms with Gasteiger partial charge in [0.15, 0.2) is 5.65 Å². The zero-order valence-electron chi connectivity index (χ0n) is 15.1. The van der Waals surface area contributed by atoms with Crippen LogP contribution in [0.4, 0.5) is 0 Å². The molecule has 0 unspecified atom stereocenters. The molecule has 0 saturated heterocycles. The fraction of sp³-hybridized carbons (Fsp3) is 0. The van der Waals surface area contributed by atoms with E-state index in [4.69, 9.17) is 16.3 Å². The van der Waals surface area contributed by atoms with Gasteiger partial charge in [-0.05, 0) is 24.3 Å². The van der Waals surface area contributed by atoms with E-state index in [0.29, 0.717) is 16.4 Å². The van der Waals surface area contributed by atoms with E-state index in [1.807, 2.05) is 54.6 Å². The molecule has 5 aromatic rings. The number of hydrogen-bond donors (Lipinski definition) is 1. The van der Waals surface area contributed by atoms with Crippen molar-refractivity contribution in [2.75, 3.05) is 0 Å². The average molecular weight is 400 g/mol. The predicted octanol–water partition coefficient (Wildman–Crippen LogP) is 5.53. The van der Waals surface area contributed by atoms with Crippen LogP contribution in [0.15, 0.2) is 79.1 Å². The Morgan fingerprint density at radius 1 is 0.828 bits per heavy atom. The molecule has 0 saturated carbocycles. The zero-order chi connectivity index (χ0) is 19.6. The number of aromatic amines is 1. The molecule has 0 aliphatic carbocycles. The highest BCUT2D eigenvalue weighted by Gasteiger charge is 2.12. The second kappa shape index (κ2) is 7.33. The molecular weight excluding hydrogens is 386 g/mol. The van der Waals surface area contributed by atoms with Crippen LogP contribution in [0.3, 0.4) is 0 Å². The largest absolute Gasteiger partial charge is 0.423 e. The molecule has 29 heavy (non-hydrogen) atoms. The molecule has 1 N–H and O–H groups in total. The van der Waals surface area contributed by atoms with Crippen LogP contribution in [0.2, 0.25) is 5.02 Å². The number of ether oxygens (including phenoxy) is 1. The van der Waals surface area contributed by atoms with Gasteiger partial charge in [-0.25, -0.2) is 4.98 Å². The molecule has 3 heterocycles. The van der Waals surface area contributed by atoms with E-state index in [-0.39, 0.29) is 6.01 Å². The Morgan fingerprint density at radius 3 is 2.41 bits per heavy atom. The van der Waals surface area contributed by atoms with E-state index in [0.717, 1.165) is 27.9 Å². The molecular formula is C22H14ClN5O. The van der Waals surface area contributed by atoms with Crippen LogP contribution in [0.1, 0.15) is 0 Å². The highest BCUT2D eigenvalue weighted by atomic mass is 35.5. The minimum atomic E-state index is 0.189. The van der Waals surface area contributed by atoms with Gasteiger partial charge in [0.25, 0.3) is 0 Å². The van der Waals surface area contributed by atoms with Gasteiger partial charge in [0.05, 0.1) is 21.8 Å². The first kappa shape index (κ1) is 17.3. The molecule has 0 aliphatic rings. The minimum absolute atomic E-state index is 0.189. The van der Waals surface area contributed by atoms with Crippen LogP contribution in [-0.2, 0) is 0 Å². The van der Waals surface area contributed by atoms with Crippen molar-refractivity contribution < 1.29 is 4.74 Å². The molecule has 0 fully saturated rings. The van der Waals surface area contributed by atoms with Crippen LogP contribution < -0.4 is 4.74 Å². The van der Waals surface area contributed by atoms with E-state index in [2.05, 4.69) is 25.1 Å². The van der Waals surface area contributed by atoms with E-state index in [1.54, 1.807) is 24.5 Å². The Hall–Kier alpha value is -3.77. The van der Waals surface area contributed by atoms with Crippen LogP contribution in [0.5, 0.6) is 11.8 Å². The third-order valence-corrected chi connectivity index (χ3v) is 4.77. The predicted molar refractivity (Wildman–Crippen MR) is 112 cm³/mol. The number of rotatable bonds is 4. The normalized spacial score (nSPS) is 10.9. The van der Waals surface area contributed by atoms with Crippen molar-refractivity contribution in [1.29, 1.82) is 0 Å². The highest BCUT2D eigenvalue weighted by molar-refractivity contribution is 6.32. The number of benzene rings is 2. The molecule has 140 valence electrons. The van der Waals surface area contributed by atoms with Gasteiger partial charge in [-0.1, -0.05) is 54.1 Å². The Labute approximate surface area is 171 Å². The molecule has 2 aromatic carbocycles. The van der Waals surface area contributed by atoms with Crippen molar-refractivity contribution in [3.05, 3.63) is 84.1 Å². The second-order valence-electron chi connectivity index (χ2n) is 6.31. The smallest absolute Gasteiger partial charge is 0.324 e. The number of halogens is 1. The standard InChI is InChI=1S/C22H14ClN5O/c23-17-5-1-2-7-19(17)29-22-25-13-16-20(27-28-21(16)26-22)15-10-8-14(9-11-15)18-6-3-4-12-24-18/h1-13H,(H,25,26,27,28). The monoisotopic (exact) mass is 399 g/mol. The SMILES string of the molecule is Clc1ccccc1Oc1ncc2c(-c3ccc(-c4ccccn4)cc3)[nH]nc2n1. The fourth-order valence-electron chi connectivity index (χ4n) is 3.02. The number of para-hydroxylation sites is 1. The lowest BCUT2D eigenvalue weighted by molar-refractivity contribution is 0.444. The number of nitrogens with zero attached hydrogens (tertiary/aromatic N) is 4. The van der Waals surface area contributed by atoms with E-state index in [9.17, 15) is 0 Å². The van der Waals surface area contributed by atoms with Gasteiger partial charge >= 0.3 is 6.01 Å². The van der Waals surface area contributed by atoms with Gasteiger partial charge in [-0.15, -0.1) is 0 Å². The Balaban J connectivity index is 1.45. The molecule has 0 bridgehead atoms. The van der Waals surface area contributed by atoms with Gasteiger partial charge in [0.1, 0.15) is 5.75 Å². The Bertz CT molecular complexity index is 1290. The molecule has 0 amide bonds. The summed E-state index contributed by atoms with van der Waals surface area (Å²) in [6.45, 7) is 0. The zero-order valence-corrected chi connectivity index (χ0v) is 15.8. The van der Waals surface area contributed by atoms with E-state index < -0.39 is 0 Å². The molecule has 0 atom stereocenters. The highest BCUT2D eigenvalue weighted by Crippen LogP contribution is 2.30.